The first-order valence-corrected chi connectivity index (χ1v) is 8.55. The zero-order valence-corrected chi connectivity index (χ0v) is 13.7. The van der Waals surface area contributed by atoms with Gasteiger partial charge in [-0.3, -0.25) is 4.99 Å². The van der Waals surface area contributed by atoms with E-state index in [0.717, 1.165) is 43.9 Å². The van der Waals surface area contributed by atoms with Crippen molar-refractivity contribution in [3.05, 3.63) is 22.4 Å². The summed E-state index contributed by atoms with van der Waals surface area (Å²) >= 11 is 1.83. The van der Waals surface area contributed by atoms with Crippen LogP contribution in [0.1, 0.15) is 31.6 Å². The molecule has 0 radical (unpaired) electrons. The van der Waals surface area contributed by atoms with Gasteiger partial charge in [-0.2, -0.15) is 0 Å². The maximum Gasteiger partial charge on any atom is 0.193 e. The van der Waals surface area contributed by atoms with E-state index in [1.54, 1.807) is 0 Å². The van der Waals surface area contributed by atoms with Crippen molar-refractivity contribution in [3.63, 3.8) is 0 Å². The van der Waals surface area contributed by atoms with Crippen LogP contribution in [0, 0.1) is 11.8 Å². The first-order chi connectivity index (χ1) is 9.69. The Morgan fingerprint density at radius 1 is 1.55 bits per heavy atom. The number of hydrogen-bond acceptors (Lipinski definition) is 2. The number of thiophene rings is 1. The molecule has 1 aliphatic rings. The first kappa shape index (κ1) is 15.4. The molecule has 0 spiro atoms. The van der Waals surface area contributed by atoms with Crippen LogP contribution in [-0.4, -0.2) is 37.5 Å². The van der Waals surface area contributed by atoms with Gasteiger partial charge in [0.15, 0.2) is 5.96 Å². The molecule has 0 amide bonds. The third kappa shape index (κ3) is 4.51. The summed E-state index contributed by atoms with van der Waals surface area (Å²) in [5.41, 5.74) is 0. The summed E-state index contributed by atoms with van der Waals surface area (Å²) in [6.07, 6.45) is 3.73. The molecule has 1 saturated heterocycles. The minimum absolute atomic E-state index is 0.800. The van der Waals surface area contributed by atoms with Crippen LogP contribution < -0.4 is 5.32 Å². The highest BCUT2D eigenvalue weighted by atomic mass is 32.1. The summed E-state index contributed by atoms with van der Waals surface area (Å²) in [5.74, 6) is 2.72. The number of aliphatic imine (C=N–C) groups is 1. The number of guanidine groups is 1. The summed E-state index contributed by atoms with van der Waals surface area (Å²) in [7, 11) is 1.89. The van der Waals surface area contributed by atoms with Crippen molar-refractivity contribution >= 4 is 17.3 Å². The van der Waals surface area contributed by atoms with Crippen LogP contribution in [0.5, 0.6) is 0 Å². The van der Waals surface area contributed by atoms with Crippen LogP contribution in [0.2, 0.25) is 0 Å². The molecule has 0 saturated carbocycles. The van der Waals surface area contributed by atoms with E-state index in [1.165, 1.54) is 17.7 Å². The molecular formula is C16H27N3S. The predicted molar refractivity (Wildman–Crippen MR) is 88.5 cm³/mol. The van der Waals surface area contributed by atoms with Crippen LogP contribution in [-0.2, 0) is 6.42 Å². The molecule has 20 heavy (non-hydrogen) atoms. The Morgan fingerprint density at radius 2 is 2.40 bits per heavy atom. The van der Waals surface area contributed by atoms with Crippen molar-refractivity contribution in [2.75, 3.05) is 26.7 Å². The van der Waals surface area contributed by atoms with Gasteiger partial charge in [0.1, 0.15) is 0 Å². The second-order valence-electron chi connectivity index (χ2n) is 6.03. The molecule has 1 atom stereocenters. The quantitative estimate of drug-likeness (QED) is 0.667. The second kappa shape index (κ2) is 7.67. The Kier molecular flexibility index (Phi) is 5.89. The van der Waals surface area contributed by atoms with Gasteiger partial charge in [0, 0.05) is 31.6 Å². The molecule has 2 heterocycles. The van der Waals surface area contributed by atoms with Crippen molar-refractivity contribution in [3.8, 4) is 0 Å². The van der Waals surface area contributed by atoms with E-state index in [0.29, 0.717) is 0 Å². The Hall–Kier alpha value is -1.03. The molecule has 112 valence electrons. The topological polar surface area (TPSA) is 27.6 Å². The van der Waals surface area contributed by atoms with E-state index in [2.05, 4.69) is 46.6 Å². The van der Waals surface area contributed by atoms with Crippen molar-refractivity contribution in [2.24, 2.45) is 16.8 Å². The van der Waals surface area contributed by atoms with Gasteiger partial charge in [-0.1, -0.05) is 19.9 Å². The van der Waals surface area contributed by atoms with E-state index in [1.807, 2.05) is 18.4 Å². The third-order valence-corrected chi connectivity index (χ3v) is 4.77. The van der Waals surface area contributed by atoms with Gasteiger partial charge in [-0.15, -0.1) is 11.3 Å². The van der Waals surface area contributed by atoms with Gasteiger partial charge >= 0.3 is 0 Å². The molecule has 3 nitrogen and oxygen atoms in total. The average molecular weight is 293 g/mol. The van der Waals surface area contributed by atoms with E-state index < -0.39 is 0 Å². The van der Waals surface area contributed by atoms with Gasteiger partial charge in [0.25, 0.3) is 0 Å². The molecule has 0 bridgehead atoms. The van der Waals surface area contributed by atoms with Gasteiger partial charge in [0.05, 0.1) is 0 Å². The summed E-state index contributed by atoms with van der Waals surface area (Å²) < 4.78 is 0. The van der Waals surface area contributed by atoms with Crippen LogP contribution in [0.3, 0.4) is 0 Å². The zero-order valence-electron chi connectivity index (χ0n) is 12.9. The van der Waals surface area contributed by atoms with Gasteiger partial charge in [-0.25, -0.2) is 0 Å². The Labute approximate surface area is 127 Å². The lowest BCUT2D eigenvalue weighted by Crippen LogP contribution is -2.40. The molecule has 1 unspecified atom stereocenters. The predicted octanol–water partition coefficient (Wildman–Crippen LogP) is 3.23. The maximum atomic E-state index is 4.44. The van der Waals surface area contributed by atoms with Crippen LogP contribution in [0.4, 0.5) is 0 Å². The Morgan fingerprint density at radius 3 is 3.05 bits per heavy atom. The van der Waals surface area contributed by atoms with Crippen LogP contribution in [0.15, 0.2) is 22.5 Å². The smallest absolute Gasteiger partial charge is 0.193 e. The Balaban J connectivity index is 1.75. The third-order valence-electron chi connectivity index (χ3n) is 3.84. The molecule has 1 N–H and O–H groups in total. The highest BCUT2D eigenvalue weighted by Crippen LogP contribution is 2.23. The molecular weight excluding hydrogens is 266 g/mol. The summed E-state index contributed by atoms with van der Waals surface area (Å²) in [6.45, 7) is 7.92. The molecule has 0 aliphatic carbocycles. The van der Waals surface area contributed by atoms with Crippen molar-refractivity contribution in [1.82, 2.24) is 10.2 Å². The van der Waals surface area contributed by atoms with Crippen molar-refractivity contribution in [2.45, 2.75) is 33.1 Å². The van der Waals surface area contributed by atoms with Crippen molar-refractivity contribution < 1.29 is 0 Å². The number of rotatable bonds is 5. The summed E-state index contributed by atoms with van der Waals surface area (Å²) in [6, 6.07) is 4.31. The number of hydrogen-bond donors (Lipinski definition) is 1. The normalized spacial score (nSPS) is 19.9. The fourth-order valence-corrected chi connectivity index (χ4v) is 3.68. The summed E-state index contributed by atoms with van der Waals surface area (Å²) in [5, 5.41) is 5.65. The van der Waals surface area contributed by atoms with E-state index in [-0.39, 0.29) is 0 Å². The molecule has 2 rings (SSSR count). The minimum Gasteiger partial charge on any atom is -0.356 e. The van der Waals surface area contributed by atoms with E-state index in [4.69, 9.17) is 0 Å². The summed E-state index contributed by atoms with van der Waals surface area (Å²) in [4.78, 5) is 8.29. The average Bonchev–Trinajstić information content (AvgIpc) is 3.05. The largest absolute Gasteiger partial charge is 0.356 e. The second-order valence-corrected chi connectivity index (χ2v) is 7.07. The lowest BCUT2D eigenvalue weighted by molar-refractivity contribution is 0.404. The molecule has 1 aromatic heterocycles. The SMILES string of the molecule is CN=C(NCCc1cccs1)N1CCC(CC(C)C)C1. The molecule has 4 heteroatoms. The monoisotopic (exact) mass is 293 g/mol. The lowest BCUT2D eigenvalue weighted by atomic mass is 9.97. The van der Waals surface area contributed by atoms with Gasteiger partial charge in [-0.05, 0) is 42.5 Å². The highest BCUT2D eigenvalue weighted by molar-refractivity contribution is 7.09. The first-order valence-electron chi connectivity index (χ1n) is 7.67. The standard InChI is InChI=1S/C16H27N3S/c1-13(2)11-14-7-9-19(12-14)16(17-3)18-8-6-15-5-4-10-20-15/h4-5,10,13-14H,6-9,11-12H2,1-3H3,(H,17,18). The lowest BCUT2D eigenvalue weighted by Gasteiger charge is -2.22. The van der Waals surface area contributed by atoms with E-state index in [9.17, 15) is 0 Å². The number of likely N-dealkylation sites (tertiary alicyclic amines) is 1. The highest BCUT2D eigenvalue weighted by Gasteiger charge is 2.25. The van der Waals surface area contributed by atoms with Crippen LogP contribution >= 0.6 is 11.3 Å². The Bertz CT molecular complexity index is 411. The zero-order chi connectivity index (χ0) is 14.4. The van der Waals surface area contributed by atoms with Gasteiger partial charge in [0.2, 0.25) is 0 Å². The van der Waals surface area contributed by atoms with Crippen LogP contribution in [0.25, 0.3) is 0 Å². The fraction of sp³-hybridized carbons (Fsp3) is 0.688. The molecule has 1 fully saturated rings. The molecule has 0 aromatic carbocycles. The van der Waals surface area contributed by atoms with E-state index >= 15 is 0 Å². The van der Waals surface area contributed by atoms with Crippen molar-refractivity contribution in [1.29, 1.82) is 0 Å². The number of nitrogens with zero attached hydrogens (tertiary/aromatic N) is 2. The molecule has 1 aliphatic heterocycles. The van der Waals surface area contributed by atoms with Gasteiger partial charge < -0.3 is 10.2 Å². The molecule has 1 aromatic rings. The number of nitrogens with one attached hydrogen (secondary N) is 1. The fourth-order valence-electron chi connectivity index (χ4n) is 2.97. The minimum atomic E-state index is 0.800. The maximum absolute atomic E-state index is 4.44.